The van der Waals surface area contributed by atoms with E-state index in [4.69, 9.17) is 13.9 Å². The zero-order chi connectivity index (χ0) is 22.1. The van der Waals surface area contributed by atoms with Crippen molar-refractivity contribution in [2.75, 3.05) is 20.4 Å². The van der Waals surface area contributed by atoms with E-state index in [0.717, 1.165) is 17.7 Å². The summed E-state index contributed by atoms with van der Waals surface area (Å²) in [7, 11) is 1.50. The minimum atomic E-state index is -4.55. The normalized spacial score (nSPS) is 15.5. The highest BCUT2D eigenvalue weighted by Gasteiger charge is 2.31. The van der Waals surface area contributed by atoms with Crippen LogP contribution >= 0.6 is 0 Å². The summed E-state index contributed by atoms with van der Waals surface area (Å²) in [6, 6.07) is 6.47. The molecule has 4 rings (SSSR count). The lowest BCUT2D eigenvalue weighted by Gasteiger charge is -2.14. The first-order valence-electron chi connectivity index (χ1n) is 9.35. The van der Waals surface area contributed by atoms with Gasteiger partial charge in [-0.3, -0.25) is 4.79 Å². The smallest absolute Gasteiger partial charge is 0.416 e. The van der Waals surface area contributed by atoms with Crippen molar-refractivity contribution in [3.63, 3.8) is 0 Å². The molecule has 0 aliphatic carbocycles. The molecule has 160 valence electrons. The summed E-state index contributed by atoms with van der Waals surface area (Å²) in [6.07, 6.45) is -2.84. The van der Waals surface area contributed by atoms with Crippen LogP contribution in [0, 0.1) is 0 Å². The Labute approximate surface area is 170 Å². The Morgan fingerprint density at radius 2 is 1.80 bits per heavy atom. The maximum atomic E-state index is 13.2. The maximum absolute atomic E-state index is 13.2. The lowest BCUT2D eigenvalue weighted by molar-refractivity contribution is -0.137. The third-order valence-electron chi connectivity index (χ3n) is 4.74. The number of alkyl halides is 3. The highest BCUT2D eigenvalue weighted by Crippen LogP contribution is 2.34. The third-order valence-corrected chi connectivity index (χ3v) is 4.74. The lowest BCUT2D eigenvalue weighted by Crippen LogP contribution is -2.10. The van der Waals surface area contributed by atoms with E-state index in [0.29, 0.717) is 16.9 Å². The molecule has 0 saturated carbocycles. The van der Waals surface area contributed by atoms with E-state index in [-0.39, 0.29) is 35.7 Å². The summed E-state index contributed by atoms with van der Waals surface area (Å²) in [4.78, 5) is 13.2. The molecule has 1 aliphatic rings. The van der Waals surface area contributed by atoms with Crippen LogP contribution in [-0.4, -0.2) is 20.4 Å². The van der Waals surface area contributed by atoms with Crippen molar-refractivity contribution in [3.05, 3.63) is 63.0 Å². The number of nitrogens with two attached hydrogens (primary N) is 1. The summed E-state index contributed by atoms with van der Waals surface area (Å²) in [5.41, 5.74) is 4.99. The van der Waals surface area contributed by atoms with Gasteiger partial charge in [0.05, 0.1) is 16.3 Å². The van der Waals surface area contributed by atoms with Crippen LogP contribution in [-0.2, 0) is 15.7 Å². The molecule has 0 bridgehead atoms. The summed E-state index contributed by atoms with van der Waals surface area (Å²) >= 11 is 0. The average molecular weight is 421 g/mol. The van der Waals surface area contributed by atoms with Gasteiger partial charge in [-0.25, -0.2) is 0 Å². The second-order valence-electron chi connectivity index (χ2n) is 6.96. The molecule has 0 unspecified atom stereocenters. The number of halogens is 3. The van der Waals surface area contributed by atoms with E-state index >= 15 is 0 Å². The van der Waals surface area contributed by atoms with Crippen LogP contribution in [0.2, 0.25) is 0 Å². The molecular weight excluding hydrogens is 399 g/mol. The molecule has 3 aromatic rings. The zero-order valence-electron chi connectivity index (χ0n) is 16.8. The van der Waals surface area contributed by atoms with Crippen molar-refractivity contribution in [2.24, 2.45) is 5.73 Å². The van der Waals surface area contributed by atoms with Crippen LogP contribution in [0.15, 0.2) is 45.3 Å². The van der Waals surface area contributed by atoms with Crippen molar-refractivity contribution in [1.29, 1.82) is 0 Å². The summed E-state index contributed by atoms with van der Waals surface area (Å²) in [5.74, 6) is 0.633. The average Bonchev–Trinajstić information content (AvgIpc) is 3.21. The standard InChI is InChI=1S/C21H17F3O4.CH5N/c1-11(2)14-4-6-18-19(15(14)8-13-9-26-10-27-13)20(25)16-7-12(21(22,23)24)3-5-17(16)28-18;1-2/h3-8,11H,9-10H2,1-2H3;2H2,1H3/b13-8+;. The van der Waals surface area contributed by atoms with Crippen molar-refractivity contribution < 1.29 is 27.1 Å². The molecule has 1 fully saturated rings. The molecule has 5 nitrogen and oxygen atoms in total. The SMILES string of the molecule is CC(C)c1ccc2oc3ccc(C(F)(F)F)cc3c(=O)c2c1/C=C1\COCO1.CN. The summed E-state index contributed by atoms with van der Waals surface area (Å²) in [6.45, 7) is 4.34. The Morgan fingerprint density at radius 1 is 1.10 bits per heavy atom. The van der Waals surface area contributed by atoms with Gasteiger partial charge < -0.3 is 19.6 Å². The van der Waals surface area contributed by atoms with Crippen LogP contribution in [0.5, 0.6) is 0 Å². The molecule has 2 aromatic carbocycles. The highest BCUT2D eigenvalue weighted by molar-refractivity contribution is 5.96. The van der Waals surface area contributed by atoms with E-state index in [1.54, 1.807) is 12.1 Å². The molecule has 0 atom stereocenters. The Kier molecular flexibility index (Phi) is 6.19. The van der Waals surface area contributed by atoms with Crippen LogP contribution in [0.4, 0.5) is 13.2 Å². The number of benzene rings is 2. The Balaban J connectivity index is 0.00000124. The molecule has 0 amide bonds. The first-order valence-corrected chi connectivity index (χ1v) is 9.35. The molecule has 2 N–H and O–H groups in total. The van der Waals surface area contributed by atoms with Gasteiger partial charge in [0.2, 0.25) is 5.43 Å². The van der Waals surface area contributed by atoms with Crippen LogP contribution < -0.4 is 11.2 Å². The Hall–Kier alpha value is -2.84. The summed E-state index contributed by atoms with van der Waals surface area (Å²) in [5, 5.41) is 0.132. The van der Waals surface area contributed by atoms with E-state index in [9.17, 15) is 18.0 Å². The van der Waals surface area contributed by atoms with Crippen LogP contribution in [0.25, 0.3) is 28.0 Å². The number of rotatable bonds is 2. The predicted octanol–water partition coefficient (Wildman–Crippen LogP) is 5.01. The molecule has 0 radical (unpaired) electrons. The first-order chi connectivity index (χ1) is 14.3. The second-order valence-corrected chi connectivity index (χ2v) is 6.96. The quantitative estimate of drug-likeness (QED) is 0.589. The number of ether oxygens (including phenoxy) is 2. The lowest BCUT2D eigenvalue weighted by atomic mass is 9.93. The zero-order valence-corrected chi connectivity index (χ0v) is 16.8. The van der Waals surface area contributed by atoms with Crippen molar-refractivity contribution >= 4 is 28.0 Å². The topological polar surface area (TPSA) is 74.7 Å². The van der Waals surface area contributed by atoms with E-state index in [1.165, 1.54) is 13.1 Å². The van der Waals surface area contributed by atoms with Gasteiger partial charge in [-0.15, -0.1) is 0 Å². The van der Waals surface area contributed by atoms with Gasteiger partial charge in [-0.05, 0) is 54.4 Å². The fourth-order valence-corrected chi connectivity index (χ4v) is 3.37. The minimum Gasteiger partial charge on any atom is -0.469 e. The number of hydrogen-bond donors (Lipinski definition) is 1. The summed E-state index contributed by atoms with van der Waals surface area (Å²) < 4.78 is 55.7. The maximum Gasteiger partial charge on any atom is 0.416 e. The van der Waals surface area contributed by atoms with Crippen molar-refractivity contribution in [2.45, 2.75) is 25.9 Å². The molecule has 2 heterocycles. The molecule has 0 spiro atoms. The van der Waals surface area contributed by atoms with Crippen LogP contribution in [0.3, 0.4) is 0 Å². The third kappa shape index (κ3) is 4.06. The molecule has 30 heavy (non-hydrogen) atoms. The van der Waals surface area contributed by atoms with E-state index < -0.39 is 17.2 Å². The van der Waals surface area contributed by atoms with E-state index in [1.807, 2.05) is 19.9 Å². The fraction of sp³-hybridized carbons (Fsp3) is 0.318. The first kappa shape index (κ1) is 21.9. The van der Waals surface area contributed by atoms with Gasteiger partial charge in [0.15, 0.2) is 6.79 Å². The van der Waals surface area contributed by atoms with Gasteiger partial charge in [-0.1, -0.05) is 19.9 Å². The molecule has 8 heteroatoms. The molecule has 1 aliphatic heterocycles. The second kappa shape index (κ2) is 8.49. The van der Waals surface area contributed by atoms with Crippen molar-refractivity contribution in [1.82, 2.24) is 0 Å². The van der Waals surface area contributed by atoms with Crippen molar-refractivity contribution in [3.8, 4) is 0 Å². The Bertz CT molecular complexity index is 1150. The number of hydrogen-bond acceptors (Lipinski definition) is 5. The van der Waals surface area contributed by atoms with Gasteiger partial charge in [0.1, 0.15) is 23.5 Å². The largest absolute Gasteiger partial charge is 0.469 e. The molecule has 1 saturated heterocycles. The molecular formula is C22H22F3NO4. The van der Waals surface area contributed by atoms with Gasteiger partial charge in [0.25, 0.3) is 0 Å². The monoisotopic (exact) mass is 421 g/mol. The predicted molar refractivity (Wildman–Crippen MR) is 109 cm³/mol. The fourth-order valence-electron chi connectivity index (χ4n) is 3.37. The van der Waals surface area contributed by atoms with Crippen LogP contribution in [0.1, 0.15) is 36.5 Å². The highest BCUT2D eigenvalue weighted by atomic mass is 19.4. The van der Waals surface area contributed by atoms with Gasteiger partial charge in [0, 0.05) is 0 Å². The number of fused-ring (bicyclic) bond motifs is 2. The van der Waals surface area contributed by atoms with Gasteiger partial charge in [-0.2, -0.15) is 13.2 Å². The Morgan fingerprint density at radius 3 is 2.40 bits per heavy atom. The van der Waals surface area contributed by atoms with E-state index in [2.05, 4.69) is 5.73 Å². The molecule has 1 aromatic heterocycles. The van der Waals surface area contributed by atoms with Gasteiger partial charge >= 0.3 is 6.18 Å². The minimum absolute atomic E-state index is 0.0789.